The monoisotopic (exact) mass is 214 g/mol. The van der Waals surface area contributed by atoms with Crippen molar-refractivity contribution < 1.29 is 19.4 Å². The molecule has 0 unspecified atom stereocenters. The number of aliphatic carboxylic acids is 1. The molecule has 0 atom stereocenters. The van der Waals surface area contributed by atoms with E-state index in [0.717, 1.165) is 7.11 Å². The second-order valence-electron chi connectivity index (χ2n) is 2.09. The highest BCUT2D eigenvalue weighted by Gasteiger charge is 2.35. The van der Waals surface area contributed by atoms with E-state index >= 15 is 0 Å². The highest BCUT2D eigenvalue weighted by Crippen LogP contribution is 2.28. The van der Waals surface area contributed by atoms with E-state index in [2.05, 4.69) is 4.74 Å². The smallest absolute Gasteiger partial charge is 0.342 e. The molecule has 0 bridgehead atoms. The van der Waals surface area contributed by atoms with E-state index in [4.69, 9.17) is 28.3 Å². The van der Waals surface area contributed by atoms with Crippen LogP contribution in [0.3, 0.4) is 0 Å². The lowest BCUT2D eigenvalue weighted by molar-refractivity contribution is -0.142. The van der Waals surface area contributed by atoms with Crippen molar-refractivity contribution in [2.45, 2.75) is 17.2 Å². The van der Waals surface area contributed by atoms with Crippen molar-refractivity contribution in [1.29, 1.82) is 0 Å². The zero-order valence-electron chi connectivity index (χ0n) is 6.34. The Labute approximate surface area is 79.4 Å². The average molecular weight is 215 g/mol. The summed E-state index contributed by atoms with van der Waals surface area (Å²) in [6, 6.07) is 0. The average Bonchev–Trinajstić information content (AvgIpc) is 1.99. The summed E-state index contributed by atoms with van der Waals surface area (Å²) in [5.41, 5.74) is 0. The van der Waals surface area contributed by atoms with Crippen LogP contribution >= 0.6 is 23.2 Å². The van der Waals surface area contributed by atoms with Crippen LogP contribution in [0.5, 0.6) is 0 Å². The van der Waals surface area contributed by atoms with E-state index < -0.39 is 16.3 Å². The van der Waals surface area contributed by atoms with Crippen LogP contribution < -0.4 is 0 Å². The zero-order chi connectivity index (χ0) is 9.78. The minimum absolute atomic E-state index is 0.169. The lowest BCUT2D eigenvalue weighted by Gasteiger charge is -2.14. The minimum atomic E-state index is -1.76. The van der Waals surface area contributed by atoms with Crippen LogP contribution in [-0.2, 0) is 14.3 Å². The van der Waals surface area contributed by atoms with Gasteiger partial charge in [-0.1, -0.05) is 23.2 Å². The molecule has 0 aromatic rings. The number of carbonyl (C=O) groups is 2. The van der Waals surface area contributed by atoms with Crippen molar-refractivity contribution in [2.24, 2.45) is 0 Å². The fraction of sp³-hybridized carbons (Fsp3) is 0.667. The third kappa shape index (κ3) is 3.78. The first-order valence-corrected chi connectivity index (χ1v) is 3.84. The van der Waals surface area contributed by atoms with Gasteiger partial charge in [0.2, 0.25) is 4.33 Å². The third-order valence-electron chi connectivity index (χ3n) is 1.14. The lowest BCUT2D eigenvalue weighted by atomic mass is 10.2. The zero-order valence-corrected chi connectivity index (χ0v) is 7.85. The van der Waals surface area contributed by atoms with Gasteiger partial charge in [0.15, 0.2) is 0 Å². The van der Waals surface area contributed by atoms with E-state index in [0.29, 0.717) is 0 Å². The van der Waals surface area contributed by atoms with Gasteiger partial charge >= 0.3 is 11.9 Å². The van der Waals surface area contributed by atoms with Crippen molar-refractivity contribution in [3.8, 4) is 0 Å². The maximum absolute atomic E-state index is 10.8. The Morgan fingerprint density at radius 1 is 1.50 bits per heavy atom. The number of hydrogen-bond donors (Lipinski definition) is 1. The van der Waals surface area contributed by atoms with Crippen LogP contribution in [0.1, 0.15) is 12.8 Å². The molecule has 6 heteroatoms. The minimum Gasteiger partial charge on any atom is -0.481 e. The molecule has 0 aliphatic heterocycles. The molecule has 0 aliphatic rings. The number of ether oxygens (including phenoxy) is 1. The predicted molar refractivity (Wildman–Crippen MR) is 43.3 cm³/mol. The van der Waals surface area contributed by atoms with Crippen molar-refractivity contribution >= 4 is 35.1 Å². The molecular weight excluding hydrogens is 207 g/mol. The molecule has 0 aromatic heterocycles. The maximum atomic E-state index is 10.8. The summed E-state index contributed by atoms with van der Waals surface area (Å²) in [6.45, 7) is 0. The number of carbonyl (C=O) groups excluding carboxylic acids is 1. The predicted octanol–water partition coefficient (Wildman–Crippen LogP) is 1.20. The van der Waals surface area contributed by atoms with Gasteiger partial charge in [0.25, 0.3) is 0 Å². The molecule has 0 spiro atoms. The molecule has 0 aromatic carbocycles. The fourth-order valence-corrected chi connectivity index (χ4v) is 0.859. The standard InChI is InChI=1S/C6H8Cl2O4/c1-12-5(11)6(7,8)3-2-4(9)10/h2-3H2,1H3,(H,9,10). The van der Waals surface area contributed by atoms with E-state index in [1.807, 2.05) is 0 Å². The molecule has 0 rings (SSSR count). The highest BCUT2D eigenvalue weighted by atomic mass is 35.5. The summed E-state index contributed by atoms with van der Waals surface area (Å²) in [7, 11) is 1.13. The molecule has 1 N–H and O–H groups in total. The number of rotatable bonds is 4. The number of carboxylic acids is 1. The molecule has 70 valence electrons. The van der Waals surface area contributed by atoms with Crippen LogP contribution in [0.25, 0.3) is 0 Å². The van der Waals surface area contributed by atoms with Crippen LogP contribution in [0.15, 0.2) is 0 Å². The highest BCUT2D eigenvalue weighted by molar-refractivity contribution is 6.57. The molecule has 0 aliphatic carbocycles. The van der Waals surface area contributed by atoms with Gasteiger partial charge in [-0.3, -0.25) is 4.79 Å². The van der Waals surface area contributed by atoms with Gasteiger partial charge in [-0.25, -0.2) is 4.79 Å². The number of halogens is 2. The normalized spacial score (nSPS) is 10.9. The van der Waals surface area contributed by atoms with Gasteiger partial charge < -0.3 is 9.84 Å². The first kappa shape index (κ1) is 11.5. The van der Waals surface area contributed by atoms with E-state index in [1.54, 1.807) is 0 Å². The van der Waals surface area contributed by atoms with Crippen LogP contribution in [-0.4, -0.2) is 28.5 Å². The molecule has 0 fully saturated rings. The Hall–Kier alpha value is -0.480. The summed E-state index contributed by atoms with van der Waals surface area (Å²) >= 11 is 10.9. The molecule has 12 heavy (non-hydrogen) atoms. The van der Waals surface area contributed by atoms with Crippen molar-refractivity contribution in [3.05, 3.63) is 0 Å². The Balaban J connectivity index is 4.03. The second-order valence-corrected chi connectivity index (χ2v) is 3.57. The van der Waals surface area contributed by atoms with Gasteiger partial charge in [-0.2, -0.15) is 0 Å². The van der Waals surface area contributed by atoms with Crippen molar-refractivity contribution in [1.82, 2.24) is 0 Å². The SMILES string of the molecule is COC(=O)C(Cl)(Cl)CCC(=O)O. The topological polar surface area (TPSA) is 63.6 Å². The molecule has 0 radical (unpaired) electrons. The molecule has 4 nitrogen and oxygen atoms in total. The Morgan fingerprint density at radius 3 is 2.33 bits per heavy atom. The first-order valence-electron chi connectivity index (χ1n) is 3.08. The number of alkyl halides is 2. The third-order valence-corrected chi connectivity index (χ3v) is 1.82. The summed E-state index contributed by atoms with van der Waals surface area (Å²) in [5, 5.41) is 8.26. The van der Waals surface area contributed by atoms with Crippen LogP contribution in [0.2, 0.25) is 0 Å². The largest absolute Gasteiger partial charge is 0.481 e. The Morgan fingerprint density at radius 2 is 2.00 bits per heavy atom. The van der Waals surface area contributed by atoms with Crippen molar-refractivity contribution in [2.75, 3.05) is 7.11 Å². The van der Waals surface area contributed by atoms with Crippen LogP contribution in [0.4, 0.5) is 0 Å². The summed E-state index contributed by atoms with van der Waals surface area (Å²) in [4.78, 5) is 20.9. The summed E-state index contributed by atoms with van der Waals surface area (Å²) < 4.78 is 2.49. The van der Waals surface area contributed by atoms with Gasteiger partial charge in [0, 0.05) is 12.8 Å². The molecular formula is C6H8Cl2O4. The van der Waals surface area contributed by atoms with E-state index in [-0.39, 0.29) is 12.8 Å². The molecule has 0 saturated carbocycles. The van der Waals surface area contributed by atoms with Gasteiger partial charge in [-0.15, -0.1) is 0 Å². The number of carboxylic acid groups (broad SMARTS) is 1. The summed E-state index contributed by atoms with van der Waals surface area (Å²) in [6.07, 6.45) is -0.444. The lowest BCUT2D eigenvalue weighted by Crippen LogP contribution is -2.28. The first-order chi connectivity index (χ1) is 5.40. The fourth-order valence-electron chi connectivity index (χ4n) is 0.515. The second kappa shape index (κ2) is 4.52. The number of hydrogen-bond acceptors (Lipinski definition) is 3. The molecule has 0 saturated heterocycles. The Kier molecular flexibility index (Phi) is 4.34. The van der Waals surface area contributed by atoms with Gasteiger partial charge in [0.05, 0.1) is 7.11 Å². The quantitative estimate of drug-likeness (QED) is 0.565. The van der Waals surface area contributed by atoms with Crippen molar-refractivity contribution in [3.63, 3.8) is 0 Å². The van der Waals surface area contributed by atoms with Gasteiger partial charge in [0.1, 0.15) is 0 Å². The Bertz CT molecular complexity index is 190. The van der Waals surface area contributed by atoms with E-state index in [1.165, 1.54) is 0 Å². The summed E-state index contributed by atoms with van der Waals surface area (Å²) in [5.74, 6) is -1.91. The molecule has 0 amide bonds. The van der Waals surface area contributed by atoms with Crippen LogP contribution in [0, 0.1) is 0 Å². The molecule has 0 heterocycles. The maximum Gasteiger partial charge on any atom is 0.342 e. The van der Waals surface area contributed by atoms with Gasteiger partial charge in [-0.05, 0) is 0 Å². The number of esters is 1. The van der Waals surface area contributed by atoms with E-state index in [9.17, 15) is 9.59 Å². The number of methoxy groups -OCH3 is 1.